The molecular weight excluding hydrogens is 255 g/mol. The zero-order chi connectivity index (χ0) is 14.3. The van der Waals surface area contributed by atoms with Gasteiger partial charge in [0.05, 0.1) is 0 Å². The summed E-state index contributed by atoms with van der Waals surface area (Å²) in [5.41, 5.74) is 0.888. The van der Waals surface area contributed by atoms with Crippen molar-refractivity contribution in [1.29, 1.82) is 0 Å². The lowest BCUT2D eigenvalue weighted by Gasteiger charge is -2.16. The summed E-state index contributed by atoms with van der Waals surface area (Å²) in [4.78, 5) is 0. The average Bonchev–Trinajstić information content (AvgIpc) is 2.34. The van der Waals surface area contributed by atoms with E-state index < -0.39 is 6.36 Å². The quantitative estimate of drug-likeness (QED) is 0.825. The smallest absolute Gasteiger partial charge is 0.406 e. The summed E-state index contributed by atoms with van der Waals surface area (Å²) < 4.78 is 39.9. The van der Waals surface area contributed by atoms with Crippen LogP contribution in [0, 0.1) is 11.8 Å². The molecule has 0 aromatic heterocycles. The van der Waals surface area contributed by atoms with E-state index in [1.807, 2.05) is 6.92 Å². The molecule has 0 spiro atoms. The maximum Gasteiger partial charge on any atom is 0.573 e. The highest BCUT2D eigenvalue weighted by molar-refractivity contribution is 5.30. The van der Waals surface area contributed by atoms with Gasteiger partial charge in [-0.1, -0.05) is 19.1 Å². The van der Waals surface area contributed by atoms with E-state index in [9.17, 15) is 13.2 Å². The van der Waals surface area contributed by atoms with Gasteiger partial charge >= 0.3 is 6.36 Å². The van der Waals surface area contributed by atoms with E-state index in [0.717, 1.165) is 12.1 Å². The summed E-state index contributed by atoms with van der Waals surface area (Å²) in [6.45, 7) is 4.48. The van der Waals surface area contributed by atoms with Crippen LogP contribution < -0.4 is 10.1 Å². The molecule has 0 saturated heterocycles. The molecule has 1 aromatic carbocycles. The molecule has 1 aromatic rings. The standard InChI is InChI=1S/C14H16F3NO/c1-3-5-6-13(18-4-2)11-7-9-12(10-8-11)19-14(15,16)17/h7-10,13,18H,4,6H2,1-2H3. The summed E-state index contributed by atoms with van der Waals surface area (Å²) in [6.07, 6.45) is -4.04. The minimum atomic E-state index is -4.66. The SMILES string of the molecule is CC#CCC(NCC)c1ccc(OC(F)(F)F)cc1. The molecule has 19 heavy (non-hydrogen) atoms. The van der Waals surface area contributed by atoms with E-state index in [-0.39, 0.29) is 11.8 Å². The van der Waals surface area contributed by atoms with Crippen molar-refractivity contribution in [2.24, 2.45) is 0 Å². The van der Waals surface area contributed by atoms with Gasteiger partial charge in [-0.3, -0.25) is 0 Å². The largest absolute Gasteiger partial charge is 0.573 e. The minimum Gasteiger partial charge on any atom is -0.406 e. The van der Waals surface area contributed by atoms with Gasteiger partial charge in [0.15, 0.2) is 0 Å². The van der Waals surface area contributed by atoms with Crippen molar-refractivity contribution in [3.63, 3.8) is 0 Å². The fourth-order valence-electron chi connectivity index (χ4n) is 1.66. The summed E-state index contributed by atoms with van der Waals surface area (Å²) in [5, 5.41) is 3.24. The van der Waals surface area contributed by atoms with E-state index in [0.29, 0.717) is 6.42 Å². The number of halogens is 3. The molecule has 0 aliphatic heterocycles. The highest BCUT2D eigenvalue weighted by Gasteiger charge is 2.31. The Morgan fingerprint density at radius 2 is 1.89 bits per heavy atom. The normalized spacial score (nSPS) is 12.5. The minimum absolute atomic E-state index is 0.0115. The van der Waals surface area contributed by atoms with Crippen molar-refractivity contribution in [3.05, 3.63) is 29.8 Å². The summed E-state index contributed by atoms with van der Waals surface area (Å²) >= 11 is 0. The van der Waals surface area contributed by atoms with Crippen molar-refractivity contribution in [2.45, 2.75) is 32.7 Å². The van der Waals surface area contributed by atoms with Gasteiger partial charge in [-0.25, -0.2) is 0 Å². The van der Waals surface area contributed by atoms with Crippen LogP contribution in [0.2, 0.25) is 0 Å². The van der Waals surface area contributed by atoms with Crippen LogP contribution in [0.15, 0.2) is 24.3 Å². The molecule has 0 aliphatic carbocycles. The van der Waals surface area contributed by atoms with Gasteiger partial charge in [0, 0.05) is 12.5 Å². The van der Waals surface area contributed by atoms with Crippen LogP contribution in [0.1, 0.15) is 31.9 Å². The Bertz CT molecular complexity index is 442. The van der Waals surface area contributed by atoms with E-state index in [4.69, 9.17) is 0 Å². The lowest BCUT2D eigenvalue weighted by atomic mass is 10.0. The number of ether oxygens (including phenoxy) is 1. The van der Waals surface area contributed by atoms with Crippen molar-refractivity contribution in [3.8, 4) is 17.6 Å². The summed E-state index contributed by atoms with van der Waals surface area (Å²) in [7, 11) is 0. The first kappa shape index (κ1) is 15.4. The Balaban J connectivity index is 2.78. The van der Waals surface area contributed by atoms with Crippen molar-refractivity contribution in [2.75, 3.05) is 6.54 Å². The van der Waals surface area contributed by atoms with Gasteiger partial charge in [0.2, 0.25) is 0 Å². The third-order valence-electron chi connectivity index (χ3n) is 2.45. The van der Waals surface area contributed by atoms with Crippen molar-refractivity contribution in [1.82, 2.24) is 5.32 Å². The molecule has 0 saturated carbocycles. The third kappa shape index (κ3) is 5.66. The molecular formula is C14H16F3NO. The predicted molar refractivity (Wildman–Crippen MR) is 67.6 cm³/mol. The molecule has 0 heterocycles. The second-order valence-electron chi connectivity index (χ2n) is 3.86. The van der Waals surface area contributed by atoms with Gasteiger partial charge in [-0.15, -0.1) is 25.0 Å². The van der Waals surface area contributed by atoms with E-state index >= 15 is 0 Å². The maximum absolute atomic E-state index is 12.0. The van der Waals surface area contributed by atoms with Gasteiger partial charge in [-0.2, -0.15) is 0 Å². The maximum atomic E-state index is 12.0. The fraction of sp³-hybridized carbons (Fsp3) is 0.429. The molecule has 2 nitrogen and oxygen atoms in total. The Labute approximate surface area is 111 Å². The van der Waals surface area contributed by atoms with Gasteiger partial charge in [0.1, 0.15) is 5.75 Å². The number of hydrogen-bond donors (Lipinski definition) is 1. The predicted octanol–water partition coefficient (Wildman–Crippen LogP) is 3.65. The van der Waals surface area contributed by atoms with Gasteiger partial charge < -0.3 is 10.1 Å². The zero-order valence-electron chi connectivity index (χ0n) is 10.8. The Morgan fingerprint density at radius 1 is 1.26 bits per heavy atom. The summed E-state index contributed by atoms with van der Waals surface area (Å²) in [6, 6.07) is 5.87. The van der Waals surface area contributed by atoms with E-state index in [2.05, 4.69) is 21.9 Å². The number of nitrogens with one attached hydrogen (secondary N) is 1. The molecule has 0 fully saturated rings. The van der Waals surface area contributed by atoms with Gasteiger partial charge in [-0.05, 0) is 31.2 Å². The lowest BCUT2D eigenvalue weighted by molar-refractivity contribution is -0.274. The Morgan fingerprint density at radius 3 is 2.37 bits per heavy atom. The van der Waals surface area contributed by atoms with Crippen LogP contribution in [-0.4, -0.2) is 12.9 Å². The van der Waals surface area contributed by atoms with Crippen LogP contribution in [0.5, 0.6) is 5.75 Å². The van der Waals surface area contributed by atoms with Crippen LogP contribution >= 0.6 is 0 Å². The molecule has 1 unspecified atom stereocenters. The van der Waals surface area contributed by atoms with Crippen molar-refractivity contribution < 1.29 is 17.9 Å². The zero-order valence-corrected chi connectivity index (χ0v) is 10.8. The van der Waals surface area contributed by atoms with Crippen LogP contribution in [0.3, 0.4) is 0 Å². The molecule has 1 rings (SSSR count). The first-order valence-corrected chi connectivity index (χ1v) is 5.95. The number of hydrogen-bond acceptors (Lipinski definition) is 2. The second kappa shape index (κ2) is 7.05. The van der Waals surface area contributed by atoms with Gasteiger partial charge in [0.25, 0.3) is 0 Å². The lowest BCUT2D eigenvalue weighted by Crippen LogP contribution is -2.20. The van der Waals surface area contributed by atoms with Crippen LogP contribution in [0.25, 0.3) is 0 Å². The molecule has 1 N–H and O–H groups in total. The van der Waals surface area contributed by atoms with E-state index in [1.165, 1.54) is 12.1 Å². The molecule has 104 valence electrons. The van der Waals surface area contributed by atoms with Crippen molar-refractivity contribution >= 4 is 0 Å². The Kier molecular flexibility index (Phi) is 5.71. The second-order valence-corrected chi connectivity index (χ2v) is 3.86. The first-order chi connectivity index (χ1) is 8.96. The molecule has 0 aliphatic rings. The first-order valence-electron chi connectivity index (χ1n) is 5.95. The number of alkyl halides is 3. The summed E-state index contributed by atoms with van der Waals surface area (Å²) in [5.74, 6) is 5.55. The van der Waals surface area contributed by atoms with E-state index in [1.54, 1.807) is 19.1 Å². The molecule has 0 bridgehead atoms. The third-order valence-corrected chi connectivity index (χ3v) is 2.45. The number of benzene rings is 1. The molecule has 0 amide bonds. The monoisotopic (exact) mass is 271 g/mol. The number of rotatable bonds is 5. The van der Waals surface area contributed by atoms with Crippen LogP contribution in [0.4, 0.5) is 13.2 Å². The highest BCUT2D eigenvalue weighted by Crippen LogP contribution is 2.25. The highest BCUT2D eigenvalue weighted by atomic mass is 19.4. The topological polar surface area (TPSA) is 21.3 Å². The average molecular weight is 271 g/mol. The molecule has 0 radical (unpaired) electrons. The fourth-order valence-corrected chi connectivity index (χ4v) is 1.66. The van der Waals surface area contributed by atoms with Crippen LogP contribution in [-0.2, 0) is 0 Å². The Hall–Kier alpha value is -1.67. The molecule has 5 heteroatoms. The molecule has 1 atom stereocenters.